The Morgan fingerprint density at radius 3 is 2.86 bits per heavy atom. The summed E-state index contributed by atoms with van der Waals surface area (Å²) in [5, 5.41) is 7.98. The SMILES string of the molecule is CCCC(NCC(=O)Nc1cccc(F)c1)c1cccs1. The van der Waals surface area contributed by atoms with Gasteiger partial charge in [0.1, 0.15) is 5.82 Å². The summed E-state index contributed by atoms with van der Waals surface area (Å²) in [5.41, 5.74) is 0.477. The molecule has 5 heteroatoms. The van der Waals surface area contributed by atoms with Gasteiger partial charge in [-0.2, -0.15) is 0 Å². The maximum atomic E-state index is 13.1. The fourth-order valence-electron chi connectivity index (χ4n) is 2.11. The van der Waals surface area contributed by atoms with Gasteiger partial charge in [-0.25, -0.2) is 4.39 Å². The zero-order valence-corrected chi connectivity index (χ0v) is 12.8. The van der Waals surface area contributed by atoms with E-state index in [2.05, 4.69) is 23.6 Å². The number of amides is 1. The highest BCUT2D eigenvalue weighted by Crippen LogP contribution is 2.22. The Kier molecular flexibility index (Phi) is 5.90. The third-order valence-corrected chi connectivity index (χ3v) is 4.07. The van der Waals surface area contributed by atoms with Gasteiger partial charge in [0.05, 0.1) is 6.54 Å². The monoisotopic (exact) mass is 306 g/mol. The fourth-order valence-corrected chi connectivity index (χ4v) is 2.95. The molecule has 0 spiro atoms. The van der Waals surface area contributed by atoms with E-state index in [9.17, 15) is 9.18 Å². The zero-order valence-electron chi connectivity index (χ0n) is 11.9. The number of thiophene rings is 1. The molecule has 1 heterocycles. The molecular weight excluding hydrogens is 287 g/mol. The maximum absolute atomic E-state index is 13.1. The molecule has 0 aliphatic heterocycles. The average molecular weight is 306 g/mol. The Morgan fingerprint density at radius 2 is 2.19 bits per heavy atom. The van der Waals surface area contributed by atoms with Gasteiger partial charge in [-0.05, 0) is 36.1 Å². The van der Waals surface area contributed by atoms with Gasteiger partial charge in [0.15, 0.2) is 0 Å². The van der Waals surface area contributed by atoms with Crippen LogP contribution in [-0.4, -0.2) is 12.5 Å². The van der Waals surface area contributed by atoms with Crippen LogP contribution in [0.1, 0.15) is 30.7 Å². The van der Waals surface area contributed by atoms with Crippen LogP contribution in [0.3, 0.4) is 0 Å². The summed E-state index contributed by atoms with van der Waals surface area (Å²) in [6.45, 7) is 2.33. The van der Waals surface area contributed by atoms with E-state index in [1.807, 2.05) is 11.4 Å². The van der Waals surface area contributed by atoms with Crippen molar-refractivity contribution in [2.45, 2.75) is 25.8 Å². The van der Waals surface area contributed by atoms with E-state index in [0.29, 0.717) is 5.69 Å². The largest absolute Gasteiger partial charge is 0.325 e. The lowest BCUT2D eigenvalue weighted by molar-refractivity contribution is -0.115. The van der Waals surface area contributed by atoms with Crippen molar-refractivity contribution < 1.29 is 9.18 Å². The van der Waals surface area contributed by atoms with Gasteiger partial charge >= 0.3 is 0 Å². The van der Waals surface area contributed by atoms with Gasteiger partial charge in [-0.3, -0.25) is 4.79 Å². The molecule has 0 fully saturated rings. The molecule has 0 aliphatic rings. The molecule has 0 saturated carbocycles. The number of carbonyl (C=O) groups excluding carboxylic acids is 1. The number of hydrogen-bond donors (Lipinski definition) is 2. The lowest BCUT2D eigenvalue weighted by Crippen LogP contribution is -2.31. The van der Waals surface area contributed by atoms with Crippen molar-refractivity contribution in [2.75, 3.05) is 11.9 Å². The average Bonchev–Trinajstić information content (AvgIpc) is 2.97. The van der Waals surface area contributed by atoms with Gasteiger partial charge in [-0.15, -0.1) is 11.3 Å². The molecule has 1 amide bonds. The number of benzene rings is 1. The molecule has 1 aromatic carbocycles. The van der Waals surface area contributed by atoms with E-state index in [1.165, 1.54) is 17.0 Å². The first-order chi connectivity index (χ1) is 10.2. The van der Waals surface area contributed by atoms with Crippen LogP contribution in [0, 0.1) is 5.82 Å². The molecule has 2 rings (SSSR count). The lowest BCUT2D eigenvalue weighted by atomic mass is 10.1. The van der Waals surface area contributed by atoms with Crippen molar-refractivity contribution >= 4 is 22.9 Å². The van der Waals surface area contributed by atoms with Crippen molar-refractivity contribution in [3.8, 4) is 0 Å². The van der Waals surface area contributed by atoms with Crippen LogP contribution in [0.25, 0.3) is 0 Å². The van der Waals surface area contributed by atoms with Crippen molar-refractivity contribution in [3.63, 3.8) is 0 Å². The predicted molar refractivity (Wildman–Crippen MR) is 85.0 cm³/mol. The maximum Gasteiger partial charge on any atom is 0.238 e. The second-order valence-corrected chi connectivity index (χ2v) is 5.78. The number of halogens is 1. The molecule has 0 aliphatic carbocycles. The van der Waals surface area contributed by atoms with Crippen LogP contribution >= 0.6 is 11.3 Å². The molecule has 112 valence electrons. The summed E-state index contributed by atoms with van der Waals surface area (Å²) in [6.07, 6.45) is 2.02. The lowest BCUT2D eigenvalue weighted by Gasteiger charge is -2.16. The molecule has 2 N–H and O–H groups in total. The smallest absolute Gasteiger partial charge is 0.238 e. The minimum absolute atomic E-state index is 0.168. The summed E-state index contributed by atoms with van der Waals surface area (Å²) < 4.78 is 13.1. The minimum atomic E-state index is -0.358. The second kappa shape index (κ2) is 7.90. The standard InChI is InChI=1S/C16H19FN2OS/c1-2-5-14(15-8-4-9-21-15)18-11-16(20)19-13-7-3-6-12(17)10-13/h3-4,6-10,14,18H,2,5,11H2,1H3,(H,19,20). The minimum Gasteiger partial charge on any atom is -0.325 e. The van der Waals surface area contributed by atoms with E-state index in [0.717, 1.165) is 12.8 Å². The molecule has 0 radical (unpaired) electrons. The van der Waals surface area contributed by atoms with Crippen molar-refractivity contribution in [2.24, 2.45) is 0 Å². The number of rotatable bonds is 7. The molecule has 1 atom stereocenters. The number of anilines is 1. The third-order valence-electron chi connectivity index (χ3n) is 3.08. The Bertz CT molecular complexity index is 571. The summed E-state index contributed by atoms with van der Waals surface area (Å²) >= 11 is 1.68. The van der Waals surface area contributed by atoms with Gasteiger partial charge in [0.25, 0.3) is 0 Å². The highest BCUT2D eigenvalue weighted by Gasteiger charge is 2.13. The van der Waals surface area contributed by atoms with E-state index in [-0.39, 0.29) is 24.3 Å². The van der Waals surface area contributed by atoms with E-state index in [1.54, 1.807) is 23.5 Å². The fraction of sp³-hybridized carbons (Fsp3) is 0.312. The van der Waals surface area contributed by atoms with Gasteiger partial charge in [-0.1, -0.05) is 25.5 Å². The van der Waals surface area contributed by atoms with E-state index >= 15 is 0 Å². The predicted octanol–water partition coefficient (Wildman–Crippen LogP) is 3.96. The first kappa shape index (κ1) is 15.7. The Balaban J connectivity index is 1.87. The van der Waals surface area contributed by atoms with Crippen molar-refractivity contribution in [1.82, 2.24) is 5.32 Å². The zero-order chi connectivity index (χ0) is 15.1. The van der Waals surface area contributed by atoms with Crippen LogP contribution in [0.4, 0.5) is 10.1 Å². The Labute approximate surface area is 128 Å². The summed E-state index contributed by atoms with van der Waals surface area (Å²) in [4.78, 5) is 13.1. The van der Waals surface area contributed by atoms with Crippen LogP contribution in [0.2, 0.25) is 0 Å². The first-order valence-corrected chi connectivity index (χ1v) is 7.89. The molecule has 3 nitrogen and oxygen atoms in total. The molecule has 21 heavy (non-hydrogen) atoms. The van der Waals surface area contributed by atoms with Crippen LogP contribution in [-0.2, 0) is 4.79 Å². The first-order valence-electron chi connectivity index (χ1n) is 7.01. The molecule has 1 unspecified atom stereocenters. The summed E-state index contributed by atoms with van der Waals surface area (Å²) in [5.74, 6) is -0.526. The number of nitrogens with one attached hydrogen (secondary N) is 2. The molecule has 1 aromatic heterocycles. The van der Waals surface area contributed by atoms with E-state index in [4.69, 9.17) is 0 Å². The third kappa shape index (κ3) is 4.95. The van der Waals surface area contributed by atoms with Gasteiger partial charge in [0, 0.05) is 16.6 Å². The van der Waals surface area contributed by atoms with Gasteiger partial charge < -0.3 is 10.6 Å². The van der Waals surface area contributed by atoms with Crippen LogP contribution in [0.15, 0.2) is 41.8 Å². The molecule has 2 aromatic rings. The van der Waals surface area contributed by atoms with Gasteiger partial charge in [0.2, 0.25) is 5.91 Å². The molecular formula is C16H19FN2OS. The number of carbonyl (C=O) groups is 1. The second-order valence-electron chi connectivity index (χ2n) is 4.80. The normalized spacial score (nSPS) is 12.1. The highest BCUT2D eigenvalue weighted by atomic mass is 32.1. The topological polar surface area (TPSA) is 41.1 Å². The Morgan fingerprint density at radius 1 is 1.33 bits per heavy atom. The highest BCUT2D eigenvalue weighted by molar-refractivity contribution is 7.10. The van der Waals surface area contributed by atoms with Crippen molar-refractivity contribution in [3.05, 3.63) is 52.5 Å². The molecule has 0 saturated heterocycles. The molecule has 0 bridgehead atoms. The van der Waals surface area contributed by atoms with Crippen LogP contribution in [0.5, 0.6) is 0 Å². The quantitative estimate of drug-likeness (QED) is 0.813. The van der Waals surface area contributed by atoms with Crippen molar-refractivity contribution in [1.29, 1.82) is 0 Å². The number of hydrogen-bond acceptors (Lipinski definition) is 3. The summed E-state index contributed by atoms with van der Waals surface area (Å²) in [7, 11) is 0. The van der Waals surface area contributed by atoms with Crippen LogP contribution < -0.4 is 10.6 Å². The summed E-state index contributed by atoms with van der Waals surface area (Å²) in [6, 6.07) is 10.2. The van der Waals surface area contributed by atoms with E-state index < -0.39 is 0 Å². The Hall–Kier alpha value is -1.72.